The Kier molecular flexibility index (Phi) is 2.72. The Morgan fingerprint density at radius 1 is 1.50 bits per heavy atom. The third-order valence-electron chi connectivity index (χ3n) is 2.33. The first-order valence-electron chi connectivity index (χ1n) is 4.77. The molecule has 0 N–H and O–H groups in total. The van der Waals surface area contributed by atoms with Crippen LogP contribution in [-0.2, 0) is 20.9 Å². The summed E-state index contributed by atoms with van der Waals surface area (Å²) < 4.78 is 9.34. The Balaban J connectivity index is 2.25. The van der Waals surface area contributed by atoms with Crippen LogP contribution in [0.2, 0.25) is 0 Å². The first-order valence-corrected chi connectivity index (χ1v) is 4.77. The van der Waals surface area contributed by atoms with Gasteiger partial charge in [0.25, 0.3) is 0 Å². The van der Waals surface area contributed by atoms with Crippen LogP contribution in [0, 0.1) is 0 Å². The van der Waals surface area contributed by atoms with E-state index in [1.807, 2.05) is 12.1 Å². The number of esters is 2. The van der Waals surface area contributed by atoms with Gasteiger partial charge in [-0.2, -0.15) is 0 Å². The van der Waals surface area contributed by atoms with E-state index in [0.29, 0.717) is 12.2 Å². The van der Waals surface area contributed by atoms with Crippen molar-refractivity contribution in [2.24, 2.45) is 0 Å². The fraction of sp³-hybridized carbons (Fsp3) is 0.167. The number of ether oxygens (including phenoxy) is 2. The van der Waals surface area contributed by atoms with Crippen molar-refractivity contribution < 1.29 is 19.1 Å². The summed E-state index contributed by atoms with van der Waals surface area (Å²) >= 11 is 0. The molecule has 1 aliphatic heterocycles. The number of benzene rings is 1. The van der Waals surface area contributed by atoms with Crippen LogP contribution in [0.4, 0.5) is 0 Å². The van der Waals surface area contributed by atoms with Crippen molar-refractivity contribution in [2.45, 2.75) is 6.61 Å². The number of fused-ring (bicyclic) bond motifs is 1. The highest BCUT2D eigenvalue weighted by Crippen LogP contribution is 2.21. The van der Waals surface area contributed by atoms with E-state index >= 15 is 0 Å². The molecule has 0 saturated carbocycles. The van der Waals surface area contributed by atoms with Gasteiger partial charge in [-0.05, 0) is 17.7 Å². The van der Waals surface area contributed by atoms with Crippen molar-refractivity contribution >= 4 is 18.0 Å². The van der Waals surface area contributed by atoms with E-state index in [0.717, 1.165) is 11.1 Å². The largest absolute Gasteiger partial charge is 0.466 e. The standard InChI is InChI=1S/C12H10O4/c1-15-11(13)5-3-8-2-4-9-7-16-12(14)10(9)6-8/h2-6H,7H2,1H3. The zero-order valence-electron chi connectivity index (χ0n) is 8.73. The second kappa shape index (κ2) is 4.18. The number of hydrogen-bond donors (Lipinski definition) is 0. The highest BCUT2D eigenvalue weighted by molar-refractivity contribution is 5.94. The molecular formula is C12H10O4. The highest BCUT2D eigenvalue weighted by atomic mass is 16.5. The predicted molar refractivity (Wildman–Crippen MR) is 56.6 cm³/mol. The number of cyclic esters (lactones) is 1. The third kappa shape index (κ3) is 1.95. The number of hydrogen-bond acceptors (Lipinski definition) is 4. The maximum Gasteiger partial charge on any atom is 0.338 e. The van der Waals surface area contributed by atoms with Gasteiger partial charge >= 0.3 is 11.9 Å². The highest BCUT2D eigenvalue weighted by Gasteiger charge is 2.20. The van der Waals surface area contributed by atoms with Gasteiger partial charge in [0.15, 0.2) is 0 Å². The van der Waals surface area contributed by atoms with Gasteiger partial charge in [-0.1, -0.05) is 12.1 Å². The Labute approximate surface area is 92.5 Å². The number of rotatable bonds is 2. The lowest BCUT2D eigenvalue weighted by Crippen LogP contribution is -1.95. The Morgan fingerprint density at radius 3 is 3.06 bits per heavy atom. The minimum Gasteiger partial charge on any atom is -0.466 e. The number of carbonyl (C=O) groups is 2. The molecule has 0 unspecified atom stereocenters. The molecule has 0 spiro atoms. The third-order valence-corrected chi connectivity index (χ3v) is 2.33. The van der Waals surface area contributed by atoms with Gasteiger partial charge in [0, 0.05) is 11.6 Å². The Morgan fingerprint density at radius 2 is 2.31 bits per heavy atom. The van der Waals surface area contributed by atoms with Crippen LogP contribution in [0.1, 0.15) is 21.5 Å². The molecule has 0 atom stereocenters. The molecule has 1 aromatic carbocycles. The van der Waals surface area contributed by atoms with Crippen LogP contribution in [0.3, 0.4) is 0 Å². The molecule has 4 nitrogen and oxygen atoms in total. The molecule has 4 heteroatoms. The Hall–Kier alpha value is -2.10. The molecule has 0 radical (unpaired) electrons. The molecule has 0 saturated heterocycles. The SMILES string of the molecule is COC(=O)C=Cc1ccc2c(c1)C(=O)OC2. The average molecular weight is 218 g/mol. The first kappa shape index (κ1) is 10.4. The van der Waals surface area contributed by atoms with Gasteiger partial charge in [-0.3, -0.25) is 0 Å². The molecule has 0 aliphatic carbocycles. The lowest BCUT2D eigenvalue weighted by molar-refractivity contribution is -0.134. The average Bonchev–Trinajstić information content (AvgIpc) is 2.68. The smallest absolute Gasteiger partial charge is 0.338 e. The second-order valence-corrected chi connectivity index (χ2v) is 3.35. The van der Waals surface area contributed by atoms with Crippen LogP contribution in [-0.4, -0.2) is 19.0 Å². The summed E-state index contributed by atoms with van der Waals surface area (Å²) in [7, 11) is 1.31. The van der Waals surface area contributed by atoms with Crippen LogP contribution < -0.4 is 0 Å². The molecule has 2 rings (SSSR count). The molecule has 1 aliphatic rings. The molecule has 0 bridgehead atoms. The lowest BCUT2D eigenvalue weighted by Gasteiger charge is -1.96. The van der Waals surface area contributed by atoms with Gasteiger partial charge in [0.05, 0.1) is 12.7 Å². The van der Waals surface area contributed by atoms with E-state index in [4.69, 9.17) is 4.74 Å². The zero-order chi connectivity index (χ0) is 11.5. The van der Waals surface area contributed by atoms with Gasteiger partial charge in [0.2, 0.25) is 0 Å². The molecule has 1 heterocycles. The van der Waals surface area contributed by atoms with Crippen molar-refractivity contribution in [3.05, 3.63) is 41.0 Å². The van der Waals surface area contributed by atoms with Crippen LogP contribution in [0.15, 0.2) is 24.3 Å². The van der Waals surface area contributed by atoms with E-state index in [1.54, 1.807) is 12.1 Å². The summed E-state index contributed by atoms with van der Waals surface area (Å²) in [5.74, 6) is -0.744. The van der Waals surface area contributed by atoms with Crippen molar-refractivity contribution in [3.63, 3.8) is 0 Å². The number of carbonyl (C=O) groups excluding carboxylic acids is 2. The maximum absolute atomic E-state index is 11.3. The molecule has 0 amide bonds. The molecule has 0 aromatic heterocycles. The maximum atomic E-state index is 11.3. The lowest BCUT2D eigenvalue weighted by atomic mass is 10.1. The molecule has 1 aromatic rings. The van der Waals surface area contributed by atoms with Crippen LogP contribution in [0.25, 0.3) is 6.08 Å². The predicted octanol–water partition coefficient (Wildman–Crippen LogP) is 1.54. The van der Waals surface area contributed by atoms with Crippen molar-refractivity contribution in [2.75, 3.05) is 7.11 Å². The van der Waals surface area contributed by atoms with Gasteiger partial charge in [-0.25, -0.2) is 9.59 Å². The minimum atomic E-state index is -0.428. The summed E-state index contributed by atoms with van der Waals surface area (Å²) in [5, 5.41) is 0. The topological polar surface area (TPSA) is 52.6 Å². The Bertz CT molecular complexity index is 474. The first-order chi connectivity index (χ1) is 7.70. The zero-order valence-corrected chi connectivity index (χ0v) is 8.73. The summed E-state index contributed by atoms with van der Waals surface area (Å²) in [6.07, 6.45) is 2.90. The summed E-state index contributed by atoms with van der Waals surface area (Å²) in [6, 6.07) is 5.33. The van der Waals surface area contributed by atoms with Gasteiger partial charge in [-0.15, -0.1) is 0 Å². The normalized spacial score (nSPS) is 13.7. The summed E-state index contributed by atoms with van der Waals surface area (Å²) in [6.45, 7) is 0.329. The van der Waals surface area contributed by atoms with E-state index in [2.05, 4.69) is 4.74 Å². The monoisotopic (exact) mass is 218 g/mol. The van der Waals surface area contributed by atoms with Crippen molar-refractivity contribution in [3.8, 4) is 0 Å². The van der Waals surface area contributed by atoms with Crippen molar-refractivity contribution in [1.82, 2.24) is 0 Å². The quantitative estimate of drug-likeness (QED) is 0.558. The second-order valence-electron chi connectivity index (χ2n) is 3.35. The summed E-state index contributed by atoms with van der Waals surface area (Å²) in [4.78, 5) is 22.2. The van der Waals surface area contributed by atoms with Gasteiger partial charge in [0.1, 0.15) is 6.61 Å². The van der Waals surface area contributed by atoms with E-state index in [-0.39, 0.29) is 5.97 Å². The van der Waals surface area contributed by atoms with Crippen LogP contribution in [0.5, 0.6) is 0 Å². The summed E-state index contributed by atoms with van der Waals surface area (Å²) in [5.41, 5.74) is 2.20. The molecule has 82 valence electrons. The molecular weight excluding hydrogens is 208 g/mol. The fourth-order valence-electron chi connectivity index (χ4n) is 1.47. The minimum absolute atomic E-state index is 0.316. The van der Waals surface area contributed by atoms with Crippen LogP contribution >= 0.6 is 0 Å². The van der Waals surface area contributed by atoms with E-state index < -0.39 is 5.97 Å². The van der Waals surface area contributed by atoms with E-state index in [1.165, 1.54) is 13.2 Å². The fourth-order valence-corrected chi connectivity index (χ4v) is 1.47. The van der Waals surface area contributed by atoms with Gasteiger partial charge < -0.3 is 9.47 Å². The molecule has 16 heavy (non-hydrogen) atoms. The number of methoxy groups -OCH3 is 1. The molecule has 0 fully saturated rings. The van der Waals surface area contributed by atoms with E-state index in [9.17, 15) is 9.59 Å². The van der Waals surface area contributed by atoms with Crippen molar-refractivity contribution in [1.29, 1.82) is 0 Å².